The Morgan fingerprint density at radius 1 is 1.17 bits per heavy atom. The van der Waals surface area contributed by atoms with Crippen molar-refractivity contribution in [1.82, 2.24) is 5.32 Å². The van der Waals surface area contributed by atoms with E-state index in [0.717, 1.165) is 31.6 Å². The van der Waals surface area contributed by atoms with Gasteiger partial charge in [0.05, 0.1) is 12.7 Å². The van der Waals surface area contributed by atoms with Crippen molar-refractivity contribution in [3.8, 4) is 16.9 Å². The molecule has 2 aromatic rings. The molecule has 1 N–H and O–H groups in total. The molecule has 0 aromatic heterocycles. The van der Waals surface area contributed by atoms with E-state index >= 15 is 0 Å². The predicted molar refractivity (Wildman–Crippen MR) is 85.0 cm³/mol. The number of esters is 1. The van der Waals surface area contributed by atoms with E-state index < -0.39 is 17.6 Å². The number of methoxy groups -OCH3 is 1. The van der Waals surface area contributed by atoms with Crippen molar-refractivity contribution in [2.75, 3.05) is 20.2 Å². The molecule has 3 rings (SSSR count). The Labute approximate surface area is 138 Å². The Morgan fingerprint density at radius 3 is 2.67 bits per heavy atom. The van der Waals surface area contributed by atoms with Crippen molar-refractivity contribution in [3.05, 3.63) is 53.6 Å². The minimum absolute atomic E-state index is 0.00183. The molecule has 0 aliphatic carbocycles. The summed E-state index contributed by atoms with van der Waals surface area (Å²) < 4.78 is 37.5. The van der Waals surface area contributed by atoms with Crippen LogP contribution in [0, 0.1) is 11.6 Å². The number of halogens is 2. The zero-order valence-electron chi connectivity index (χ0n) is 13.1. The molecule has 0 unspecified atom stereocenters. The highest BCUT2D eigenvalue weighted by Gasteiger charge is 2.20. The van der Waals surface area contributed by atoms with Crippen molar-refractivity contribution in [3.63, 3.8) is 0 Å². The van der Waals surface area contributed by atoms with Gasteiger partial charge in [-0.15, -0.1) is 0 Å². The molecule has 0 amide bonds. The van der Waals surface area contributed by atoms with E-state index in [9.17, 15) is 13.6 Å². The maximum Gasteiger partial charge on any atom is 0.337 e. The predicted octanol–water partition coefficient (Wildman–Crippen LogP) is 3.16. The lowest BCUT2D eigenvalue weighted by molar-refractivity contribution is 0.0600. The number of hydrogen-bond acceptors (Lipinski definition) is 4. The van der Waals surface area contributed by atoms with Crippen molar-refractivity contribution in [1.29, 1.82) is 0 Å². The Balaban J connectivity index is 2.03. The van der Waals surface area contributed by atoms with E-state index in [2.05, 4.69) is 5.32 Å². The maximum absolute atomic E-state index is 13.6. The molecular weight excluding hydrogens is 316 g/mol. The Bertz CT molecular complexity index is 758. The van der Waals surface area contributed by atoms with E-state index in [-0.39, 0.29) is 6.10 Å². The summed E-state index contributed by atoms with van der Waals surface area (Å²) in [5.41, 5.74) is 1.26. The number of rotatable bonds is 4. The third kappa shape index (κ3) is 3.38. The summed E-state index contributed by atoms with van der Waals surface area (Å²) in [5, 5.41) is 3.20. The number of carbonyl (C=O) groups excluding carboxylic acids is 1. The molecule has 0 spiro atoms. The zero-order chi connectivity index (χ0) is 17.1. The first-order chi connectivity index (χ1) is 11.6. The highest BCUT2D eigenvalue weighted by Crippen LogP contribution is 2.33. The van der Waals surface area contributed by atoms with Crippen molar-refractivity contribution in [2.24, 2.45) is 0 Å². The van der Waals surface area contributed by atoms with Gasteiger partial charge in [-0.1, -0.05) is 6.07 Å². The minimum Gasteiger partial charge on any atom is -0.488 e. The fourth-order valence-electron chi connectivity index (χ4n) is 2.68. The topological polar surface area (TPSA) is 47.6 Å². The third-order valence-corrected chi connectivity index (χ3v) is 3.94. The minimum atomic E-state index is -0.954. The standard InChI is InChI=1S/C18H17F2NO3/c1-23-18(22)12-3-5-17(24-13-6-7-21-10-13)14(8-12)11-2-4-15(19)16(20)9-11/h2-5,8-9,13,21H,6-7,10H2,1H3/t13-/m0/s1. The van der Waals surface area contributed by atoms with Crippen LogP contribution in [0.15, 0.2) is 36.4 Å². The summed E-state index contributed by atoms with van der Waals surface area (Å²) in [5.74, 6) is -1.87. The van der Waals surface area contributed by atoms with Gasteiger partial charge in [-0.05, 0) is 48.9 Å². The van der Waals surface area contributed by atoms with E-state index in [1.807, 2.05) is 0 Å². The molecule has 6 heteroatoms. The molecule has 4 nitrogen and oxygen atoms in total. The molecular formula is C18H17F2NO3. The normalized spacial score (nSPS) is 16.9. The molecule has 0 saturated carbocycles. The second kappa shape index (κ2) is 6.97. The molecule has 0 bridgehead atoms. The summed E-state index contributed by atoms with van der Waals surface area (Å²) >= 11 is 0. The van der Waals surface area contributed by atoms with E-state index in [4.69, 9.17) is 9.47 Å². The largest absolute Gasteiger partial charge is 0.488 e. The van der Waals surface area contributed by atoms with Crippen molar-refractivity contribution < 1.29 is 23.0 Å². The van der Waals surface area contributed by atoms with Crippen LogP contribution in [0.5, 0.6) is 5.75 Å². The number of hydrogen-bond donors (Lipinski definition) is 1. The summed E-state index contributed by atoms with van der Waals surface area (Å²) in [7, 11) is 1.29. The van der Waals surface area contributed by atoms with E-state index in [1.165, 1.54) is 13.2 Å². The van der Waals surface area contributed by atoms with Crippen LogP contribution in [-0.4, -0.2) is 32.3 Å². The van der Waals surface area contributed by atoms with Gasteiger partial charge >= 0.3 is 5.97 Å². The highest BCUT2D eigenvalue weighted by atomic mass is 19.2. The Kier molecular flexibility index (Phi) is 4.76. The lowest BCUT2D eigenvalue weighted by Gasteiger charge is -2.17. The average Bonchev–Trinajstić information content (AvgIpc) is 3.10. The van der Waals surface area contributed by atoms with Gasteiger partial charge in [0.25, 0.3) is 0 Å². The molecule has 1 aliphatic heterocycles. The van der Waals surface area contributed by atoms with Crippen LogP contribution in [0.25, 0.3) is 11.1 Å². The summed E-state index contributed by atoms with van der Waals surface area (Å²) in [6, 6.07) is 8.40. The first-order valence-corrected chi connectivity index (χ1v) is 7.63. The molecule has 0 radical (unpaired) electrons. The summed E-state index contributed by atoms with van der Waals surface area (Å²) in [4.78, 5) is 11.8. The fraction of sp³-hybridized carbons (Fsp3) is 0.278. The zero-order valence-corrected chi connectivity index (χ0v) is 13.1. The smallest absolute Gasteiger partial charge is 0.337 e. The van der Waals surface area contributed by atoms with Gasteiger partial charge in [-0.25, -0.2) is 13.6 Å². The number of ether oxygens (including phenoxy) is 2. The van der Waals surface area contributed by atoms with Crippen molar-refractivity contribution >= 4 is 5.97 Å². The molecule has 1 fully saturated rings. The average molecular weight is 333 g/mol. The molecule has 1 heterocycles. The lowest BCUT2D eigenvalue weighted by Crippen LogP contribution is -2.20. The highest BCUT2D eigenvalue weighted by molar-refractivity contribution is 5.92. The Hall–Kier alpha value is -2.47. The second-order valence-corrected chi connectivity index (χ2v) is 5.56. The van der Waals surface area contributed by atoms with Gasteiger partial charge in [0.2, 0.25) is 0 Å². The van der Waals surface area contributed by atoms with Gasteiger partial charge in [0, 0.05) is 12.1 Å². The van der Waals surface area contributed by atoms with Crippen LogP contribution < -0.4 is 10.1 Å². The summed E-state index contributed by atoms with van der Waals surface area (Å²) in [6.45, 7) is 1.58. The first kappa shape index (κ1) is 16.4. The van der Waals surface area contributed by atoms with Crippen LogP contribution in [0.3, 0.4) is 0 Å². The van der Waals surface area contributed by atoms with Gasteiger partial charge in [-0.2, -0.15) is 0 Å². The fourth-order valence-corrected chi connectivity index (χ4v) is 2.68. The monoisotopic (exact) mass is 333 g/mol. The number of benzene rings is 2. The number of nitrogens with one attached hydrogen (secondary N) is 1. The first-order valence-electron chi connectivity index (χ1n) is 7.63. The van der Waals surface area contributed by atoms with Gasteiger partial charge in [0.15, 0.2) is 11.6 Å². The van der Waals surface area contributed by atoms with Crippen LogP contribution in [-0.2, 0) is 4.74 Å². The quantitative estimate of drug-likeness (QED) is 0.873. The summed E-state index contributed by atoms with van der Waals surface area (Å²) in [6.07, 6.45) is 0.855. The van der Waals surface area contributed by atoms with Gasteiger partial charge in [-0.3, -0.25) is 0 Å². The second-order valence-electron chi connectivity index (χ2n) is 5.56. The third-order valence-electron chi connectivity index (χ3n) is 3.94. The molecule has 1 saturated heterocycles. The van der Waals surface area contributed by atoms with E-state index in [0.29, 0.717) is 22.4 Å². The van der Waals surface area contributed by atoms with Crippen LogP contribution in [0.2, 0.25) is 0 Å². The maximum atomic E-state index is 13.6. The SMILES string of the molecule is COC(=O)c1ccc(O[C@H]2CCNC2)c(-c2ccc(F)c(F)c2)c1. The Morgan fingerprint density at radius 2 is 2.00 bits per heavy atom. The van der Waals surface area contributed by atoms with E-state index in [1.54, 1.807) is 18.2 Å². The van der Waals surface area contributed by atoms with Crippen LogP contribution in [0.4, 0.5) is 8.78 Å². The van der Waals surface area contributed by atoms with Crippen molar-refractivity contribution in [2.45, 2.75) is 12.5 Å². The number of carbonyl (C=O) groups is 1. The van der Waals surface area contributed by atoms with Crippen LogP contribution >= 0.6 is 0 Å². The molecule has 1 aliphatic rings. The van der Waals surface area contributed by atoms with Crippen LogP contribution in [0.1, 0.15) is 16.8 Å². The molecule has 1 atom stereocenters. The lowest BCUT2D eigenvalue weighted by atomic mass is 10.0. The van der Waals surface area contributed by atoms with Gasteiger partial charge < -0.3 is 14.8 Å². The molecule has 126 valence electrons. The van der Waals surface area contributed by atoms with Gasteiger partial charge in [0.1, 0.15) is 11.9 Å². The molecule has 24 heavy (non-hydrogen) atoms. The molecule has 2 aromatic carbocycles.